The summed E-state index contributed by atoms with van der Waals surface area (Å²) in [6, 6.07) is 6.31. The highest BCUT2D eigenvalue weighted by atomic mass is 19.4. The fraction of sp³-hybridized carbons (Fsp3) is 0.500. The number of hydrogen-bond donors (Lipinski definition) is 0. The Morgan fingerprint density at radius 1 is 1.19 bits per heavy atom. The molecule has 0 aliphatic carbocycles. The fourth-order valence-corrected chi connectivity index (χ4v) is 3.18. The van der Waals surface area contributed by atoms with Gasteiger partial charge in [0.25, 0.3) is 0 Å². The Morgan fingerprint density at radius 2 is 1.97 bits per heavy atom. The van der Waals surface area contributed by atoms with Crippen molar-refractivity contribution in [3.8, 4) is 0 Å². The molecule has 0 radical (unpaired) electrons. The molecule has 31 heavy (non-hydrogen) atoms. The zero-order chi connectivity index (χ0) is 22.6. The number of hydrogen-bond acceptors (Lipinski definition) is 5. The van der Waals surface area contributed by atoms with Crippen LogP contribution in [0.5, 0.6) is 0 Å². The Hall–Kier alpha value is -2.68. The smallest absolute Gasteiger partial charge is 0.329 e. The summed E-state index contributed by atoms with van der Waals surface area (Å²) < 4.78 is 44.3. The standard InChI is InChI=1S/C22H28F3N5O/c1-5-6-7-20-26-17-14-16(9-11-19-27-21(31-28-19)22(23,24)25)8-10-18(17)30(20)13-12-29(4)15(2)3/h8-11,14-15H,5-7,12-13H2,1-4H3/b11-9+. The van der Waals surface area contributed by atoms with Gasteiger partial charge in [-0.3, -0.25) is 0 Å². The molecule has 0 aliphatic heterocycles. The Bertz CT molecular complexity index is 1040. The van der Waals surface area contributed by atoms with E-state index in [1.807, 2.05) is 18.2 Å². The number of halogens is 3. The first-order valence-electron chi connectivity index (χ1n) is 10.5. The molecule has 9 heteroatoms. The number of alkyl halides is 3. The lowest BCUT2D eigenvalue weighted by Gasteiger charge is -2.22. The third kappa shape index (κ3) is 5.72. The van der Waals surface area contributed by atoms with Crippen molar-refractivity contribution in [1.29, 1.82) is 0 Å². The average molecular weight is 435 g/mol. The number of imidazole rings is 1. The normalized spacial score (nSPS) is 12.8. The lowest BCUT2D eigenvalue weighted by molar-refractivity contribution is -0.159. The maximum absolute atomic E-state index is 12.6. The lowest BCUT2D eigenvalue weighted by atomic mass is 10.2. The van der Waals surface area contributed by atoms with Crippen LogP contribution in [0, 0.1) is 0 Å². The minimum absolute atomic E-state index is 0.127. The second-order valence-electron chi connectivity index (χ2n) is 7.89. The first-order valence-corrected chi connectivity index (χ1v) is 10.5. The van der Waals surface area contributed by atoms with E-state index in [0.717, 1.165) is 54.8 Å². The molecule has 0 fully saturated rings. The molecule has 0 spiro atoms. The Morgan fingerprint density at radius 3 is 2.61 bits per heavy atom. The molecule has 2 heterocycles. The molecular weight excluding hydrogens is 407 g/mol. The zero-order valence-corrected chi connectivity index (χ0v) is 18.3. The van der Waals surface area contributed by atoms with Gasteiger partial charge >= 0.3 is 12.1 Å². The number of rotatable bonds is 9. The van der Waals surface area contributed by atoms with Crippen molar-refractivity contribution in [2.24, 2.45) is 0 Å². The fourth-order valence-electron chi connectivity index (χ4n) is 3.18. The SMILES string of the molecule is CCCCc1nc2cc(/C=C/c3noc(C(F)(F)F)n3)ccc2n1CCN(C)C(C)C. The van der Waals surface area contributed by atoms with Crippen molar-refractivity contribution in [1.82, 2.24) is 24.6 Å². The largest absolute Gasteiger partial charge is 0.471 e. The van der Waals surface area contributed by atoms with Crippen LogP contribution >= 0.6 is 0 Å². The third-order valence-electron chi connectivity index (χ3n) is 5.27. The summed E-state index contributed by atoms with van der Waals surface area (Å²) in [7, 11) is 2.11. The van der Waals surface area contributed by atoms with Gasteiger partial charge in [0, 0.05) is 25.6 Å². The van der Waals surface area contributed by atoms with Crippen LogP contribution in [0.25, 0.3) is 23.2 Å². The van der Waals surface area contributed by atoms with Crippen LogP contribution in [-0.4, -0.2) is 44.2 Å². The van der Waals surface area contributed by atoms with E-state index in [4.69, 9.17) is 4.98 Å². The van der Waals surface area contributed by atoms with E-state index >= 15 is 0 Å². The van der Waals surface area contributed by atoms with Crippen LogP contribution < -0.4 is 0 Å². The molecule has 2 aromatic heterocycles. The van der Waals surface area contributed by atoms with E-state index in [0.29, 0.717) is 6.04 Å². The Labute approximate surface area is 179 Å². The Kier molecular flexibility index (Phi) is 7.15. The number of likely N-dealkylation sites (N-methyl/N-ethyl adjacent to an activating group) is 1. The molecule has 0 amide bonds. The molecule has 0 N–H and O–H groups in total. The van der Waals surface area contributed by atoms with Gasteiger partial charge in [0.1, 0.15) is 5.82 Å². The van der Waals surface area contributed by atoms with Gasteiger partial charge in [0.15, 0.2) is 5.82 Å². The molecule has 0 unspecified atom stereocenters. The number of fused-ring (bicyclic) bond motifs is 1. The first kappa shape index (κ1) is 23.0. The molecule has 0 saturated heterocycles. The van der Waals surface area contributed by atoms with E-state index in [9.17, 15) is 13.2 Å². The number of aromatic nitrogens is 4. The van der Waals surface area contributed by atoms with Crippen molar-refractivity contribution >= 4 is 23.2 Å². The quantitative estimate of drug-likeness (QED) is 0.457. The monoisotopic (exact) mass is 435 g/mol. The number of benzene rings is 1. The van der Waals surface area contributed by atoms with E-state index in [1.165, 1.54) is 6.08 Å². The van der Waals surface area contributed by atoms with Gasteiger partial charge in [-0.15, -0.1) is 0 Å². The van der Waals surface area contributed by atoms with E-state index in [1.54, 1.807) is 6.08 Å². The maximum Gasteiger partial charge on any atom is 0.471 e. The molecule has 6 nitrogen and oxygen atoms in total. The Balaban J connectivity index is 1.84. The second kappa shape index (κ2) is 9.64. The van der Waals surface area contributed by atoms with Gasteiger partial charge in [0.05, 0.1) is 11.0 Å². The lowest BCUT2D eigenvalue weighted by Crippen LogP contribution is -2.30. The number of unbranched alkanes of at least 4 members (excludes halogenated alkanes) is 1. The van der Waals surface area contributed by atoms with Crippen LogP contribution in [0.1, 0.15) is 56.7 Å². The summed E-state index contributed by atoms with van der Waals surface area (Å²) in [6.07, 6.45) is 1.46. The van der Waals surface area contributed by atoms with Crippen molar-refractivity contribution in [3.63, 3.8) is 0 Å². The van der Waals surface area contributed by atoms with Crippen molar-refractivity contribution in [2.75, 3.05) is 13.6 Å². The summed E-state index contributed by atoms with van der Waals surface area (Å²) in [5.41, 5.74) is 2.72. The number of nitrogens with zero attached hydrogens (tertiary/aromatic N) is 5. The molecule has 0 aliphatic rings. The van der Waals surface area contributed by atoms with Gasteiger partial charge in [-0.25, -0.2) is 4.98 Å². The second-order valence-corrected chi connectivity index (χ2v) is 7.89. The molecule has 3 aromatic rings. The van der Waals surface area contributed by atoms with Crippen molar-refractivity contribution < 1.29 is 17.7 Å². The highest BCUT2D eigenvalue weighted by Crippen LogP contribution is 2.27. The van der Waals surface area contributed by atoms with Gasteiger partial charge in [-0.1, -0.05) is 30.6 Å². The van der Waals surface area contributed by atoms with Gasteiger partial charge in [-0.05, 0) is 51.1 Å². The van der Waals surface area contributed by atoms with Crippen LogP contribution in [0.2, 0.25) is 0 Å². The van der Waals surface area contributed by atoms with Gasteiger partial charge in [0.2, 0.25) is 0 Å². The van der Waals surface area contributed by atoms with E-state index < -0.39 is 12.1 Å². The third-order valence-corrected chi connectivity index (χ3v) is 5.27. The molecule has 1 aromatic carbocycles. The molecular formula is C22H28F3N5O. The minimum atomic E-state index is -4.65. The number of aryl methyl sites for hydroxylation is 1. The molecule has 0 bridgehead atoms. The maximum atomic E-state index is 12.6. The summed E-state index contributed by atoms with van der Waals surface area (Å²) in [5, 5.41) is 3.35. The van der Waals surface area contributed by atoms with Crippen LogP contribution in [-0.2, 0) is 19.1 Å². The molecule has 0 saturated carbocycles. The average Bonchev–Trinajstić information content (AvgIpc) is 3.33. The topological polar surface area (TPSA) is 60.0 Å². The highest BCUT2D eigenvalue weighted by molar-refractivity contribution is 5.81. The van der Waals surface area contributed by atoms with Crippen LogP contribution in [0.4, 0.5) is 13.2 Å². The van der Waals surface area contributed by atoms with Crippen molar-refractivity contribution in [3.05, 3.63) is 41.3 Å². The molecule has 168 valence electrons. The highest BCUT2D eigenvalue weighted by Gasteiger charge is 2.38. The first-order chi connectivity index (χ1) is 14.7. The van der Waals surface area contributed by atoms with Gasteiger partial charge in [-0.2, -0.15) is 18.2 Å². The van der Waals surface area contributed by atoms with E-state index in [2.05, 4.69) is 51.9 Å². The predicted octanol–water partition coefficient (Wildman–Crippen LogP) is 5.29. The summed E-state index contributed by atoms with van der Waals surface area (Å²) in [5.74, 6) is -0.422. The van der Waals surface area contributed by atoms with E-state index in [-0.39, 0.29) is 5.82 Å². The summed E-state index contributed by atoms with van der Waals surface area (Å²) in [6.45, 7) is 8.27. The summed E-state index contributed by atoms with van der Waals surface area (Å²) >= 11 is 0. The minimum Gasteiger partial charge on any atom is -0.329 e. The molecule has 3 rings (SSSR count). The summed E-state index contributed by atoms with van der Waals surface area (Å²) in [4.78, 5) is 10.5. The van der Waals surface area contributed by atoms with Crippen LogP contribution in [0.3, 0.4) is 0 Å². The molecule has 0 atom stereocenters. The predicted molar refractivity (Wildman–Crippen MR) is 114 cm³/mol. The van der Waals surface area contributed by atoms with Crippen LogP contribution in [0.15, 0.2) is 22.7 Å². The zero-order valence-electron chi connectivity index (χ0n) is 18.3. The van der Waals surface area contributed by atoms with Crippen molar-refractivity contribution in [2.45, 2.75) is 58.8 Å². The van der Waals surface area contributed by atoms with Gasteiger partial charge < -0.3 is 14.0 Å².